The number of ether oxygens (including phenoxy) is 2. The van der Waals surface area contributed by atoms with Crippen molar-refractivity contribution in [2.75, 3.05) is 39.2 Å². The maximum absolute atomic E-state index is 13.5. The molecule has 5 amide bonds. The van der Waals surface area contributed by atoms with Crippen LogP contribution in [0.4, 0.5) is 15.3 Å². The summed E-state index contributed by atoms with van der Waals surface area (Å²) in [6.45, 7) is 7.07. The second-order valence-electron chi connectivity index (χ2n) is 15.0. The number of amides is 5. The Hall–Kier alpha value is -5.92. The van der Waals surface area contributed by atoms with Crippen molar-refractivity contribution in [2.24, 2.45) is 11.8 Å². The summed E-state index contributed by atoms with van der Waals surface area (Å²) in [5.41, 5.74) is 4.51. The van der Waals surface area contributed by atoms with E-state index in [0.29, 0.717) is 37.6 Å². The van der Waals surface area contributed by atoms with Crippen molar-refractivity contribution in [3.8, 4) is 22.4 Å². The third-order valence-corrected chi connectivity index (χ3v) is 10.7. The van der Waals surface area contributed by atoms with Crippen LogP contribution in [0.3, 0.4) is 0 Å². The van der Waals surface area contributed by atoms with Crippen LogP contribution < -0.4 is 16.0 Å². The fraction of sp³-hybridized carbons (Fsp3) is 0.429. The number of hydrogen-bond acceptors (Lipinski definition) is 8. The molecule has 6 rings (SSSR count). The van der Waals surface area contributed by atoms with Gasteiger partial charge < -0.3 is 40.2 Å². The van der Waals surface area contributed by atoms with Crippen molar-refractivity contribution in [3.05, 3.63) is 72.7 Å². The van der Waals surface area contributed by atoms with Crippen LogP contribution in [0.2, 0.25) is 0 Å². The van der Waals surface area contributed by atoms with Gasteiger partial charge in [0.25, 0.3) is 0 Å². The summed E-state index contributed by atoms with van der Waals surface area (Å²) < 4.78 is 9.36. The smallest absolute Gasteiger partial charge is 0.407 e. The molecule has 14 nitrogen and oxygen atoms in total. The number of benzene rings is 3. The molecule has 14 heteroatoms. The number of aromatic amines is 1. The minimum absolute atomic E-state index is 0.109. The van der Waals surface area contributed by atoms with Crippen LogP contribution in [0.5, 0.6) is 0 Å². The number of likely N-dealkylation sites (tertiary alicyclic amines) is 2. The third kappa shape index (κ3) is 8.96. The molecule has 0 aliphatic carbocycles. The van der Waals surface area contributed by atoms with Gasteiger partial charge >= 0.3 is 12.2 Å². The summed E-state index contributed by atoms with van der Waals surface area (Å²) in [6.07, 6.45) is 3.77. The van der Waals surface area contributed by atoms with Gasteiger partial charge in [-0.05, 0) is 71.7 Å². The summed E-state index contributed by atoms with van der Waals surface area (Å²) in [5.74, 6) is 0.00903. The Morgan fingerprint density at radius 2 is 1.55 bits per heavy atom. The standard InChI is InChI=1S/C42H51N7O7/c1-25(2)37(47-42(54)56-5)40(52)49-20-7-11-34(49)38-43-24-33(45-38)28-15-13-27(14-16-28)29-17-18-31-30(22-29)9-6-10-32(31)46-39(51)35-12-8-19-48(35)36(50)21-26(3)23-44-41(53)55-4/h6,9-10,13-18,22,24-26,34-35,37H,7-8,11-12,19-21,23H2,1-5H3,(H,43,45)(H,44,53)(H,46,51)(H,47,54)/t26-,34?,35-,37-/m0/s1. The lowest BCUT2D eigenvalue weighted by molar-refractivity contribution is -0.137. The Morgan fingerprint density at radius 1 is 0.857 bits per heavy atom. The summed E-state index contributed by atoms with van der Waals surface area (Å²) in [4.78, 5) is 75.2. The number of nitrogens with zero attached hydrogens (tertiary/aromatic N) is 3. The number of aromatic nitrogens is 2. The fourth-order valence-electron chi connectivity index (χ4n) is 7.63. The maximum atomic E-state index is 13.5. The number of rotatable bonds is 12. The Balaban J connectivity index is 1.11. The van der Waals surface area contributed by atoms with E-state index in [1.807, 2.05) is 63.2 Å². The van der Waals surface area contributed by atoms with Crippen LogP contribution in [0.15, 0.2) is 66.9 Å². The first-order chi connectivity index (χ1) is 27.0. The van der Waals surface area contributed by atoms with E-state index < -0.39 is 24.3 Å². The third-order valence-electron chi connectivity index (χ3n) is 10.7. The quantitative estimate of drug-likeness (QED) is 0.131. The predicted octanol–water partition coefficient (Wildman–Crippen LogP) is 6.25. The van der Waals surface area contributed by atoms with Crippen molar-refractivity contribution in [3.63, 3.8) is 0 Å². The van der Waals surface area contributed by atoms with Crippen molar-refractivity contribution in [1.82, 2.24) is 30.4 Å². The number of anilines is 1. The van der Waals surface area contributed by atoms with Crippen LogP contribution in [-0.4, -0.2) is 95.6 Å². The first-order valence-corrected chi connectivity index (χ1v) is 19.2. The molecule has 4 N–H and O–H groups in total. The van der Waals surface area contributed by atoms with E-state index in [-0.39, 0.29) is 42.0 Å². The Morgan fingerprint density at radius 3 is 2.29 bits per heavy atom. The van der Waals surface area contributed by atoms with Gasteiger partial charge in [0, 0.05) is 37.1 Å². The fourth-order valence-corrected chi connectivity index (χ4v) is 7.63. The van der Waals surface area contributed by atoms with Gasteiger partial charge in [-0.1, -0.05) is 69.3 Å². The zero-order valence-corrected chi connectivity index (χ0v) is 32.6. The highest BCUT2D eigenvalue weighted by Crippen LogP contribution is 2.34. The predicted molar refractivity (Wildman–Crippen MR) is 212 cm³/mol. The molecule has 2 saturated heterocycles. The lowest BCUT2D eigenvalue weighted by Crippen LogP contribution is -2.51. The zero-order valence-electron chi connectivity index (χ0n) is 32.6. The monoisotopic (exact) mass is 765 g/mol. The number of carbonyl (C=O) groups is 5. The first-order valence-electron chi connectivity index (χ1n) is 19.2. The van der Waals surface area contributed by atoms with E-state index in [9.17, 15) is 24.0 Å². The molecule has 4 atom stereocenters. The van der Waals surface area contributed by atoms with Gasteiger partial charge in [-0.15, -0.1) is 0 Å². The molecule has 4 aromatic rings. The molecule has 0 radical (unpaired) electrons. The van der Waals surface area contributed by atoms with Gasteiger partial charge in [-0.2, -0.15) is 0 Å². The Bertz CT molecular complexity index is 2060. The molecule has 1 aromatic heterocycles. The average molecular weight is 766 g/mol. The van der Waals surface area contributed by atoms with E-state index in [0.717, 1.165) is 52.4 Å². The van der Waals surface area contributed by atoms with Gasteiger partial charge in [0.2, 0.25) is 17.7 Å². The number of nitrogens with one attached hydrogen (secondary N) is 4. The van der Waals surface area contributed by atoms with Crippen molar-refractivity contribution < 1.29 is 33.4 Å². The minimum atomic E-state index is -0.699. The number of methoxy groups -OCH3 is 2. The molecule has 0 bridgehead atoms. The highest BCUT2D eigenvalue weighted by molar-refractivity contribution is 6.05. The summed E-state index contributed by atoms with van der Waals surface area (Å²) in [7, 11) is 2.58. The highest BCUT2D eigenvalue weighted by atomic mass is 16.5. The lowest BCUT2D eigenvalue weighted by atomic mass is 9.99. The zero-order chi connectivity index (χ0) is 39.9. The molecule has 296 valence electrons. The maximum Gasteiger partial charge on any atom is 0.407 e. The minimum Gasteiger partial charge on any atom is -0.453 e. The van der Waals surface area contributed by atoms with E-state index in [1.54, 1.807) is 16.0 Å². The Labute approximate surface area is 326 Å². The number of H-pyrrole nitrogens is 1. The largest absolute Gasteiger partial charge is 0.453 e. The molecule has 2 aliphatic heterocycles. The van der Waals surface area contributed by atoms with Gasteiger partial charge in [-0.3, -0.25) is 14.4 Å². The number of imidazole rings is 1. The summed E-state index contributed by atoms with van der Waals surface area (Å²) in [5, 5.41) is 10.3. The normalized spacial score (nSPS) is 17.8. The molecule has 0 saturated carbocycles. The second kappa shape index (κ2) is 17.7. The molecular weight excluding hydrogens is 715 g/mol. The van der Waals surface area contributed by atoms with E-state index in [4.69, 9.17) is 4.74 Å². The van der Waals surface area contributed by atoms with Crippen LogP contribution in [0.1, 0.15) is 64.7 Å². The number of hydrogen-bond donors (Lipinski definition) is 4. The summed E-state index contributed by atoms with van der Waals surface area (Å²) in [6, 6.07) is 18.6. The molecule has 2 fully saturated rings. The van der Waals surface area contributed by atoms with Gasteiger partial charge in [0.1, 0.15) is 17.9 Å². The Kier molecular flexibility index (Phi) is 12.6. The van der Waals surface area contributed by atoms with Crippen LogP contribution >= 0.6 is 0 Å². The van der Waals surface area contributed by atoms with Gasteiger partial charge in [-0.25, -0.2) is 14.6 Å². The number of fused-ring (bicyclic) bond motifs is 1. The molecule has 2 aliphatic rings. The molecule has 3 heterocycles. The molecule has 3 aromatic carbocycles. The first kappa shape index (κ1) is 39.8. The second-order valence-corrected chi connectivity index (χ2v) is 15.0. The van der Waals surface area contributed by atoms with Crippen LogP contribution in [0, 0.1) is 11.8 Å². The van der Waals surface area contributed by atoms with Crippen molar-refractivity contribution >= 4 is 46.4 Å². The summed E-state index contributed by atoms with van der Waals surface area (Å²) >= 11 is 0. The molecule has 0 spiro atoms. The average Bonchev–Trinajstić information content (AvgIpc) is 4.00. The number of alkyl carbamates (subject to hydrolysis) is 2. The van der Waals surface area contributed by atoms with E-state index >= 15 is 0 Å². The SMILES string of the molecule is COC(=O)NC[C@@H](C)CC(=O)N1CCC[C@H]1C(=O)Nc1cccc2cc(-c3ccc(-c4cnc(C5CCCN5C(=O)[C@@H](NC(=O)OC)C(C)C)[nH]4)cc3)ccc12. The lowest BCUT2D eigenvalue weighted by Gasteiger charge is -2.30. The van der Waals surface area contributed by atoms with Gasteiger partial charge in [0.15, 0.2) is 0 Å². The highest BCUT2D eigenvalue weighted by Gasteiger charge is 2.38. The number of carbonyl (C=O) groups excluding carboxylic acids is 5. The van der Waals surface area contributed by atoms with Crippen molar-refractivity contribution in [1.29, 1.82) is 0 Å². The van der Waals surface area contributed by atoms with Crippen LogP contribution in [-0.2, 0) is 23.9 Å². The molecule has 1 unspecified atom stereocenters. The van der Waals surface area contributed by atoms with Gasteiger partial charge in [0.05, 0.1) is 32.2 Å². The van der Waals surface area contributed by atoms with E-state index in [1.165, 1.54) is 14.2 Å². The van der Waals surface area contributed by atoms with Crippen molar-refractivity contribution in [2.45, 2.75) is 71.0 Å². The van der Waals surface area contributed by atoms with E-state index in [2.05, 4.69) is 48.9 Å². The molecular formula is C42H51N7O7. The van der Waals surface area contributed by atoms with Crippen LogP contribution in [0.25, 0.3) is 33.2 Å². The molecule has 56 heavy (non-hydrogen) atoms. The topological polar surface area (TPSA) is 175 Å².